The molecule has 0 aromatic heterocycles. The molecule has 3 aliphatic carbocycles. The summed E-state index contributed by atoms with van der Waals surface area (Å²) >= 11 is 0. The first-order valence-corrected chi connectivity index (χ1v) is 14.9. The number of rotatable bonds is 6. The largest absolute Gasteiger partial charge is 0.390 e. The Morgan fingerprint density at radius 1 is 1.03 bits per heavy atom. The summed E-state index contributed by atoms with van der Waals surface area (Å²) < 4.78 is 14.2. The van der Waals surface area contributed by atoms with Gasteiger partial charge in [0, 0.05) is 5.56 Å². The van der Waals surface area contributed by atoms with Crippen LogP contribution in [-0.2, 0) is 0 Å². The molecule has 0 aliphatic heterocycles. The zero-order chi connectivity index (χ0) is 26.1. The van der Waals surface area contributed by atoms with Gasteiger partial charge in [0.1, 0.15) is 5.82 Å². The van der Waals surface area contributed by atoms with Gasteiger partial charge in [0.2, 0.25) is 0 Å². The Bertz CT molecular complexity index is 926. The number of benzene rings is 1. The third-order valence-corrected chi connectivity index (χ3v) is 11.6. The lowest BCUT2D eigenvalue weighted by Crippen LogP contribution is -2.43. The van der Waals surface area contributed by atoms with Crippen molar-refractivity contribution >= 4 is 0 Å². The molecule has 0 heterocycles. The summed E-state index contributed by atoms with van der Waals surface area (Å²) in [5, 5.41) is 21.8. The number of aliphatic hydroxyl groups excluding tert-OH is 1. The standard InChI is InChI=1S/C33H51FO2/c1-6-33(36)21-20-31(4)24(3)18-19-32(5)25(10-9-11-26(31)22-33)15-16-28(32)23(2)14-17-30(35)27-12-7-8-13-29(27)34/h7-8,11-13,23-25,28,30,35-36H,6,9-10,14-22H2,1-5H3/b26-11-/t23-,24-,25-,28-,30+,31-,32+,33+/m1/s1. The van der Waals surface area contributed by atoms with Gasteiger partial charge in [-0.3, -0.25) is 0 Å². The molecule has 8 atom stereocenters. The van der Waals surface area contributed by atoms with Crippen LogP contribution < -0.4 is 0 Å². The van der Waals surface area contributed by atoms with E-state index in [0.29, 0.717) is 35.2 Å². The van der Waals surface area contributed by atoms with Crippen molar-refractivity contribution < 1.29 is 14.6 Å². The smallest absolute Gasteiger partial charge is 0.128 e. The topological polar surface area (TPSA) is 40.5 Å². The Labute approximate surface area is 219 Å². The molecule has 0 amide bonds. The van der Waals surface area contributed by atoms with Crippen molar-refractivity contribution in [3.05, 3.63) is 47.3 Å². The van der Waals surface area contributed by atoms with Gasteiger partial charge in [-0.15, -0.1) is 0 Å². The normalized spacial score (nSPS) is 40.4. The maximum absolute atomic E-state index is 14.2. The fourth-order valence-corrected chi connectivity index (χ4v) is 8.44. The third-order valence-electron chi connectivity index (χ3n) is 11.6. The van der Waals surface area contributed by atoms with E-state index in [1.165, 1.54) is 43.7 Å². The molecule has 3 heteroatoms. The van der Waals surface area contributed by atoms with Crippen molar-refractivity contribution in [2.45, 2.75) is 123 Å². The van der Waals surface area contributed by atoms with Crippen LogP contribution in [0.4, 0.5) is 4.39 Å². The molecular weight excluding hydrogens is 447 g/mol. The zero-order valence-electron chi connectivity index (χ0n) is 23.5. The van der Waals surface area contributed by atoms with Gasteiger partial charge in [-0.1, -0.05) is 64.5 Å². The van der Waals surface area contributed by atoms with E-state index in [1.54, 1.807) is 12.1 Å². The average Bonchev–Trinajstić information content (AvgIpc) is 3.19. The van der Waals surface area contributed by atoms with Gasteiger partial charge >= 0.3 is 0 Å². The number of hydrogen-bond donors (Lipinski definition) is 2. The van der Waals surface area contributed by atoms with Gasteiger partial charge < -0.3 is 10.2 Å². The highest BCUT2D eigenvalue weighted by Gasteiger charge is 2.50. The monoisotopic (exact) mass is 498 g/mol. The molecule has 0 saturated heterocycles. The summed E-state index contributed by atoms with van der Waals surface area (Å²) in [5.74, 6) is 2.24. The van der Waals surface area contributed by atoms with Crippen LogP contribution in [0.1, 0.15) is 123 Å². The molecule has 36 heavy (non-hydrogen) atoms. The summed E-state index contributed by atoms with van der Waals surface area (Å²) in [5.41, 5.74) is 1.99. The summed E-state index contributed by atoms with van der Waals surface area (Å²) in [6.45, 7) is 12.0. The first-order valence-electron chi connectivity index (χ1n) is 14.9. The number of fused-ring (bicyclic) bond motifs is 2. The predicted molar refractivity (Wildman–Crippen MR) is 147 cm³/mol. The van der Waals surface area contributed by atoms with Crippen LogP contribution in [0.5, 0.6) is 0 Å². The van der Waals surface area contributed by atoms with E-state index in [9.17, 15) is 14.6 Å². The minimum atomic E-state index is -0.723. The summed E-state index contributed by atoms with van der Waals surface area (Å²) in [6, 6.07) is 6.66. The molecule has 4 rings (SSSR count). The highest BCUT2D eigenvalue weighted by molar-refractivity contribution is 5.22. The van der Waals surface area contributed by atoms with Gasteiger partial charge in [0.15, 0.2) is 0 Å². The van der Waals surface area contributed by atoms with Gasteiger partial charge in [-0.2, -0.15) is 0 Å². The van der Waals surface area contributed by atoms with Crippen molar-refractivity contribution in [2.24, 2.45) is 34.5 Å². The second kappa shape index (κ2) is 10.9. The summed E-state index contributed by atoms with van der Waals surface area (Å²) in [4.78, 5) is 0. The first-order chi connectivity index (χ1) is 17.0. The Morgan fingerprint density at radius 2 is 1.78 bits per heavy atom. The van der Waals surface area contributed by atoms with E-state index < -0.39 is 11.7 Å². The van der Waals surface area contributed by atoms with Crippen molar-refractivity contribution in [1.82, 2.24) is 0 Å². The van der Waals surface area contributed by atoms with Crippen LogP contribution >= 0.6 is 0 Å². The Kier molecular flexibility index (Phi) is 8.42. The molecule has 2 N–H and O–H groups in total. The van der Waals surface area contributed by atoms with E-state index in [4.69, 9.17) is 0 Å². The average molecular weight is 499 g/mol. The molecule has 1 aromatic rings. The molecular formula is C33H51FO2. The number of allylic oxidation sites excluding steroid dienone is 1. The number of hydrogen-bond acceptors (Lipinski definition) is 2. The lowest BCUT2D eigenvalue weighted by atomic mass is 9.57. The van der Waals surface area contributed by atoms with Gasteiger partial charge in [-0.25, -0.2) is 4.39 Å². The second-order valence-corrected chi connectivity index (χ2v) is 13.4. The van der Waals surface area contributed by atoms with Gasteiger partial charge in [-0.05, 0) is 118 Å². The Balaban J connectivity index is 1.47. The van der Waals surface area contributed by atoms with Crippen LogP contribution in [0, 0.1) is 40.3 Å². The quantitative estimate of drug-likeness (QED) is 0.385. The van der Waals surface area contributed by atoms with Crippen LogP contribution in [0.15, 0.2) is 35.9 Å². The van der Waals surface area contributed by atoms with Crippen LogP contribution in [0.3, 0.4) is 0 Å². The maximum atomic E-state index is 14.2. The SMILES string of the molecule is CC[C@]1(O)CC[C@@]2(C)/C(=C\CC[C@@H]3CC[C@H]([C@H](C)CC[C@H](O)c4ccccc4F)[C@@]3(C)CC[C@H]2C)C1. The third kappa shape index (κ3) is 5.35. The molecule has 1 aromatic carbocycles. The molecule has 2 saturated carbocycles. The van der Waals surface area contributed by atoms with Crippen molar-refractivity contribution in [3.63, 3.8) is 0 Å². The lowest BCUT2D eigenvalue weighted by Gasteiger charge is -2.49. The highest BCUT2D eigenvalue weighted by Crippen LogP contribution is 2.59. The second-order valence-electron chi connectivity index (χ2n) is 13.4. The summed E-state index contributed by atoms with van der Waals surface area (Å²) in [6.07, 6.45) is 14.6. The van der Waals surface area contributed by atoms with Gasteiger partial charge in [0.25, 0.3) is 0 Å². The summed E-state index contributed by atoms with van der Waals surface area (Å²) in [7, 11) is 0. The molecule has 0 bridgehead atoms. The molecule has 0 unspecified atom stereocenters. The molecule has 0 spiro atoms. The number of aliphatic hydroxyl groups is 2. The fourth-order valence-electron chi connectivity index (χ4n) is 8.44. The highest BCUT2D eigenvalue weighted by atomic mass is 19.1. The van der Waals surface area contributed by atoms with Gasteiger partial charge in [0.05, 0.1) is 11.7 Å². The fraction of sp³-hybridized carbons (Fsp3) is 0.758. The maximum Gasteiger partial charge on any atom is 0.128 e. The van der Waals surface area contributed by atoms with Crippen LogP contribution in [-0.4, -0.2) is 15.8 Å². The van der Waals surface area contributed by atoms with Crippen LogP contribution in [0.2, 0.25) is 0 Å². The minimum Gasteiger partial charge on any atom is -0.390 e. The molecule has 0 radical (unpaired) electrons. The number of halogens is 1. The molecule has 2 nitrogen and oxygen atoms in total. The van der Waals surface area contributed by atoms with Crippen molar-refractivity contribution in [2.75, 3.05) is 0 Å². The zero-order valence-corrected chi connectivity index (χ0v) is 23.5. The minimum absolute atomic E-state index is 0.203. The van der Waals surface area contributed by atoms with E-state index in [1.807, 2.05) is 6.07 Å². The van der Waals surface area contributed by atoms with Crippen molar-refractivity contribution in [3.8, 4) is 0 Å². The van der Waals surface area contributed by atoms with E-state index >= 15 is 0 Å². The van der Waals surface area contributed by atoms with Crippen LogP contribution in [0.25, 0.3) is 0 Å². The Morgan fingerprint density at radius 3 is 2.50 bits per heavy atom. The molecule has 202 valence electrons. The first kappa shape index (κ1) is 27.8. The Hall–Kier alpha value is -1.19. The van der Waals surface area contributed by atoms with E-state index in [2.05, 4.69) is 40.7 Å². The van der Waals surface area contributed by atoms with E-state index in [-0.39, 0.29) is 11.2 Å². The van der Waals surface area contributed by atoms with Crippen molar-refractivity contribution in [1.29, 1.82) is 0 Å². The molecule has 2 fully saturated rings. The lowest BCUT2D eigenvalue weighted by molar-refractivity contribution is -0.0199. The van der Waals surface area contributed by atoms with E-state index in [0.717, 1.165) is 44.4 Å². The molecule has 3 aliphatic rings. The predicted octanol–water partition coefficient (Wildman–Crippen LogP) is 8.78.